The number of benzene rings is 1. The van der Waals surface area contributed by atoms with Crippen molar-refractivity contribution in [1.82, 2.24) is 5.32 Å². The smallest absolute Gasteiger partial charge is 0.251 e. The fraction of sp³-hybridized carbons (Fsp3) is 0.462. The number of carbonyl (C=O) groups excluding carboxylic acids is 1. The summed E-state index contributed by atoms with van der Waals surface area (Å²) in [7, 11) is -3.90. The average molecular weight is 319 g/mol. The number of hydrogen-bond donors (Lipinski definition) is 2. The van der Waals surface area contributed by atoms with E-state index in [-0.39, 0.29) is 33.3 Å². The summed E-state index contributed by atoms with van der Waals surface area (Å²) in [6.07, 6.45) is 0.784. The van der Waals surface area contributed by atoms with Crippen molar-refractivity contribution in [3.05, 3.63) is 28.8 Å². The van der Waals surface area contributed by atoms with Gasteiger partial charge in [0.1, 0.15) is 0 Å². The van der Waals surface area contributed by atoms with Gasteiger partial charge in [0, 0.05) is 16.6 Å². The quantitative estimate of drug-likeness (QED) is 0.871. The lowest BCUT2D eigenvalue weighted by Gasteiger charge is -2.20. The predicted octanol–water partition coefficient (Wildman–Crippen LogP) is 2.15. The van der Waals surface area contributed by atoms with Crippen molar-refractivity contribution in [3.63, 3.8) is 0 Å². The fourth-order valence-electron chi connectivity index (χ4n) is 1.85. The number of primary sulfonamides is 1. The molecule has 1 atom stereocenters. The van der Waals surface area contributed by atoms with Crippen molar-refractivity contribution in [3.8, 4) is 0 Å². The molecule has 1 unspecified atom stereocenters. The van der Waals surface area contributed by atoms with Crippen LogP contribution in [-0.4, -0.2) is 20.4 Å². The minimum atomic E-state index is -3.90. The molecule has 0 radical (unpaired) electrons. The van der Waals surface area contributed by atoms with Crippen molar-refractivity contribution in [2.24, 2.45) is 11.1 Å². The molecule has 112 valence electrons. The topological polar surface area (TPSA) is 89.3 Å². The van der Waals surface area contributed by atoms with Crippen LogP contribution in [0.2, 0.25) is 5.02 Å². The van der Waals surface area contributed by atoms with Crippen molar-refractivity contribution in [2.75, 3.05) is 0 Å². The van der Waals surface area contributed by atoms with E-state index >= 15 is 0 Å². The molecule has 0 fully saturated rings. The Labute approximate surface area is 124 Å². The van der Waals surface area contributed by atoms with E-state index in [1.165, 1.54) is 18.2 Å². The van der Waals surface area contributed by atoms with Crippen LogP contribution in [0, 0.1) is 5.92 Å². The van der Waals surface area contributed by atoms with Crippen LogP contribution in [0.5, 0.6) is 0 Å². The molecule has 1 amide bonds. The zero-order valence-electron chi connectivity index (χ0n) is 11.7. The van der Waals surface area contributed by atoms with Gasteiger partial charge in [0.25, 0.3) is 5.91 Å². The monoisotopic (exact) mass is 318 g/mol. The Balaban J connectivity index is 3.08. The zero-order chi connectivity index (χ0) is 15.5. The highest BCUT2D eigenvalue weighted by atomic mass is 35.5. The number of amides is 1. The molecule has 3 N–H and O–H groups in total. The highest BCUT2D eigenvalue weighted by Gasteiger charge is 2.18. The summed E-state index contributed by atoms with van der Waals surface area (Å²) in [5.74, 6) is -0.0844. The van der Waals surface area contributed by atoms with Gasteiger partial charge in [-0.15, -0.1) is 0 Å². The molecular formula is C13H19ClN2O3S. The fourth-order valence-corrected chi connectivity index (χ4v) is 2.73. The first-order valence-corrected chi connectivity index (χ1v) is 8.21. The minimum Gasteiger partial charge on any atom is -0.349 e. The normalized spacial score (nSPS) is 13.3. The second-order valence-corrected chi connectivity index (χ2v) is 6.95. The summed E-state index contributed by atoms with van der Waals surface area (Å²) in [5.41, 5.74) is 0.181. The van der Waals surface area contributed by atoms with E-state index in [9.17, 15) is 13.2 Å². The van der Waals surface area contributed by atoms with Gasteiger partial charge in [0.15, 0.2) is 0 Å². The molecule has 1 rings (SSSR count). The SMILES string of the molecule is CCC(NC(=O)c1cc(Cl)cc(S(N)(=O)=O)c1)C(C)C. The highest BCUT2D eigenvalue weighted by Crippen LogP contribution is 2.18. The van der Waals surface area contributed by atoms with Crippen LogP contribution in [-0.2, 0) is 10.0 Å². The number of nitrogens with two attached hydrogens (primary N) is 1. The molecule has 0 aromatic heterocycles. The van der Waals surface area contributed by atoms with Crippen LogP contribution in [0.4, 0.5) is 0 Å². The van der Waals surface area contributed by atoms with Crippen molar-refractivity contribution < 1.29 is 13.2 Å². The molecular weight excluding hydrogens is 300 g/mol. The van der Waals surface area contributed by atoms with E-state index < -0.39 is 10.0 Å². The Hall–Kier alpha value is -1.11. The van der Waals surface area contributed by atoms with E-state index in [1.54, 1.807) is 0 Å². The van der Waals surface area contributed by atoms with Gasteiger partial charge in [0.2, 0.25) is 10.0 Å². The molecule has 0 spiro atoms. The third kappa shape index (κ3) is 4.47. The standard InChI is InChI=1S/C13H19ClN2O3S/c1-4-12(8(2)3)16-13(17)9-5-10(14)7-11(6-9)20(15,18)19/h5-8,12H,4H2,1-3H3,(H,16,17)(H2,15,18,19). The molecule has 0 aliphatic rings. The van der Waals surface area contributed by atoms with Gasteiger partial charge in [-0.1, -0.05) is 32.4 Å². The van der Waals surface area contributed by atoms with Crippen molar-refractivity contribution >= 4 is 27.5 Å². The maximum atomic E-state index is 12.1. The number of halogens is 1. The second kappa shape index (κ2) is 6.56. The van der Waals surface area contributed by atoms with E-state index in [0.717, 1.165) is 6.42 Å². The van der Waals surface area contributed by atoms with Crippen LogP contribution in [0.15, 0.2) is 23.1 Å². The van der Waals surface area contributed by atoms with Gasteiger partial charge in [-0.05, 0) is 30.5 Å². The van der Waals surface area contributed by atoms with Gasteiger partial charge >= 0.3 is 0 Å². The Morgan fingerprint density at radius 2 is 1.95 bits per heavy atom. The Bertz CT molecular complexity index is 600. The number of sulfonamides is 1. The summed E-state index contributed by atoms with van der Waals surface area (Å²) in [4.78, 5) is 12.0. The van der Waals surface area contributed by atoms with Gasteiger partial charge in [-0.25, -0.2) is 13.6 Å². The average Bonchev–Trinajstić information content (AvgIpc) is 2.33. The molecule has 1 aromatic carbocycles. The molecule has 0 aliphatic heterocycles. The van der Waals surface area contributed by atoms with Crippen LogP contribution in [0.25, 0.3) is 0 Å². The van der Waals surface area contributed by atoms with Crippen LogP contribution in [0.3, 0.4) is 0 Å². The predicted molar refractivity (Wildman–Crippen MR) is 79.2 cm³/mol. The summed E-state index contributed by atoms with van der Waals surface area (Å²) < 4.78 is 22.7. The van der Waals surface area contributed by atoms with Crippen LogP contribution >= 0.6 is 11.6 Å². The maximum absolute atomic E-state index is 12.1. The lowest BCUT2D eigenvalue weighted by Crippen LogP contribution is -2.38. The first-order chi connectivity index (χ1) is 9.15. The number of rotatable bonds is 5. The molecule has 0 saturated heterocycles. The first-order valence-electron chi connectivity index (χ1n) is 6.29. The molecule has 20 heavy (non-hydrogen) atoms. The number of hydrogen-bond acceptors (Lipinski definition) is 3. The third-order valence-electron chi connectivity index (χ3n) is 3.02. The van der Waals surface area contributed by atoms with Gasteiger partial charge in [-0.2, -0.15) is 0 Å². The third-order valence-corrected chi connectivity index (χ3v) is 4.13. The molecule has 0 saturated carbocycles. The van der Waals surface area contributed by atoms with Crippen LogP contribution < -0.4 is 10.5 Å². The summed E-state index contributed by atoms with van der Waals surface area (Å²) in [6.45, 7) is 5.98. The Morgan fingerprint density at radius 1 is 1.35 bits per heavy atom. The minimum absolute atomic E-state index is 0.0133. The number of nitrogens with one attached hydrogen (secondary N) is 1. The highest BCUT2D eigenvalue weighted by molar-refractivity contribution is 7.89. The second-order valence-electron chi connectivity index (χ2n) is 4.95. The zero-order valence-corrected chi connectivity index (χ0v) is 13.3. The van der Waals surface area contributed by atoms with Gasteiger partial charge in [-0.3, -0.25) is 4.79 Å². The summed E-state index contributed by atoms with van der Waals surface area (Å²) >= 11 is 5.83. The van der Waals surface area contributed by atoms with E-state index in [4.69, 9.17) is 16.7 Å². The lowest BCUT2D eigenvalue weighted by atomic mass is 10.0. The van der Waals surface area contributed by atoms with Gasteiger partial charge < -0.3 is 5.32 Å². The molecule has 0 heterocycles. The van der Waals surface area contributed by atoms with E-state index in [1.807, 2.05) is 20.8 Å². The van der Waals surface area contributed by atoms with Crippen molar-refractivity contribution in [1.29, 1.82) is 0 Å². The van der Waals surface area contributed by atoms with Crippen LogP contribution in [0.1, 0.15) is 37.6 Å². The van der Waals surface area contributed by atoms with E-state index in [2.05, 4.69) is 5.32 Å². The van der Waals surface area contributed by atoms with E-state index in [0.29, 0.717) is 0 Å². The van der Waals surface area contributed by atoms with Gasteiger partial charge in [0.05, 0.1) is 4.90 Å². The molecule has 1 aromatic rings. The largest absolute Gasteiger partial charge is 0.349 e. The molecule has 0 bridgehead atoms. The maximum Gasteiger partial charge on any atom is 0.251 e. The van der Waals surface area contributed by atoms with Crippen molar-refractivity contribution in [2.45, 2.75) is 38.1 Å². The Morgan fingerprint density at radius 3 is 2.40 bits per heavy atom. The molecule has 5 nitrogen and oxygen atoms in total. The number of carbonyl (C=O) groups is 1. The molecule has 7 heteroatoms. The summed E-state index contributed by atoms with van der Waals surface area (Å²) in [5, 5.41) is 8.06. The Kier molecular flexibility index (Phi) is 5.56. The lowest BCUT2D eigenvalue weighted by molar-refractivity contribution is 0.0924. The first kappa shape index (κ1) is 16.9. The molecule has 0 aliphatic carbocycles. The summed E-state index contributed by atoms with van der Waals surface area (Å²) in [6, 6.07) is 3.87.